The van der Waals surface area contributed by atoms with Crippen LogP contribution in [0.3, 0.4) is 0 Å². The number of fused-ring (bicyclic) bond motifs is 1. The minimum Gasteiger partial charge on any atom is -0.497 e. The Morgan fingerprint density at radius 3 is 2.40 bits per heavy atom. The van der Waals surface area contributed by atoms with Crippen LogP contribution in [0.25, 0.3) is 5.65 Å². The maximum absolute atomic E-state index is 12.5. The molecule has 0 saturated heterocycles. The van der Waals surface area contributed by atoms with Crippen LogP contribution in [0.1, 0.15) is 16.2 Å². The van der Waals surface area contributed by atoms with Gasteiger partial charge in [0.25, 0.3) is 15.9 Å². The third-order valence-electron chi connectivity index (χ3n) is 5.01. The van der Waals surface area contributed by atoms with Crippen LogP contribution in [0, 0.1) is 0 Å². The van der Waals surface area contributed by atoms with Crippen molar-refractivity contribution in [1.29, 1.82) is 0 Å². The van der Waals surface area contributed by atoms with Gasteiger partial charge in [-0.2, -0.15) is 0 Å². The van der Waals surface area contributed by atoms with E-state index in [1.807, 2.05) is 12.1 Å². The fourth-order valence-corrected chi connectivity index (χ4v) is 4.23. The molecule has 4 aromatic rings. The zero-order chi connectivity index (χ0) is 24.8. The number of rotatable bonds is 9. The molecule has 2 heterocycles. The molecule has 3 N–H and O–H groups in total. The molecule has 0 atom stereocenters. The lowest BCUT2D eigenvalue weighted by Gasteiger charge is -2.10. The first kappa shape index (κ1) is 23.7. The number of nitrogens with zero attached hydrogens (tertiary/aromatic N) is 3. The number of anilines is 1. The number of benzene rings is 2. The van der Waals surface area contributed by atoms with Gasteiger partial charge in [-0.15, -0.1) is 10.2 Å². The van der Waals surface area contributed by atoms with Crippen molar-refractivity contribution >= 4 is 33.2 Å². The zero-order valence-electron chi connectivity index (χ0n) is 18.6. The number of aromatic nitrogens is 3. The third kappa shape index (κ3) is 5.73. The van der Waals surface area contributed by atoms with Crippen molar-refractivity contribution in [2.75, 3.05) is 18.4 Å². The molecule has 0 unspecified atom stereocenters. The third-order valence-corrected chi connectivity index (χ3v) is 6.40. The standard InChI is InChI=1S/C23H22N6O5S/c1-34-18-9-11-19(12-10-18)35(32,33)28-17-7-5-16(6-8-17)23(31)25-15-22(30)24-14-21-27-26-20-4-2-3-13-29(20)21/h2-13,28H,14-15H2,1H3,(H,24,30)(H,25,31). The number of sulfonamides is 1. The van der Waals surface area contributed by atoms with Gasteiger partial charge in [-0.3, -0.25) is 18.7 Å². The van der Waals surface area contributed by atoms with Crippen LogP contribution >= 0.6 is 0 Å². The number of methoxy groups -OCH3 is 1. The summed E-state index contributed by atoms with van der Waals surface area (Å²) >= 11 is 0. The lowest BCUT2D eigenvalue weighted by atomic mass is 10.2. The van der Waals surface area contributed by atoms with Gasteiger partial charge in [-0.1, -0.05) is 6.07 Å². The monoisotopic (exact) mass is 494 g/mol. The highest BCUT2D eigenvalue weighted by atomic mass is 32.2. The first-order valence-electron chi connectivity index (χ1n) is 10.5. The molecular formula is C23H22N6O5S. The number of ether oxygens (including phenoxy) is 1. The highest BCUT2D eigenvalue weighted by molar-refractivity contribution is 7.92. The Hall–Kier alpha value is -4.45. The predicted octanol–water partition coefficient (Wildman–Crippen LogP) is 1.58. The van der Waals surface area contributed by atoms with Crippen molar-refractivity contribution < 1.29 is 22.7 Å². The number of hydrogen-bond acceptors (Lipinski definition) is 7. The lowest BCUT2D eigenvalue weighted by molar-refractivity contribution is -0.120. The van der Waals surface area contributed by atoms with E-state index in [1.54, 1.807) is 28.8 Å². The van der Waals surface area contributed by atoms with E-state index in [-0.39, 0.29) is 29.2 Å². The van der Waals surface area contributed by atoms with Gasteiger partial charge in [0.15, 0.2) is 11.5 Å². The first-order chi connectivity index (χ1) is 16.9. The Balaban J connectivity index is 1.28. The van der Waals surface area contributed by atoms with Crippen LogP contribution in [0.5, 0.6) is 5.75 Å². The van der Waals surface area contributed by atoms with Gasteiger partial charge in [0.2, 0.25) is 5.91 Å². The maximum atomic E-state index is 12.5. The van der Waals surface area contributed by atoms with E-state index < -0.39 is 21.8 Å². The Morgan fingerprint density at radius 2 is 1.69 bits per heavy atom. The van der Waals surface area contributed by atoms with E-state index in [2.05, 4.69) is 25.6 Å². The molecule has 0 radical (unpaired) electrons. The lowest BCUT2D eigenvalue weighted by Crippen LogP contribution is -2.36. The minimum atomic E-state index is -3.80. The summed E-state index contributed by atoms with van der Waals surface area (Å²) in [5.74, 6) is 0.237. The molecule has 35 heavy (non-hydrogen) atoms. The molecule has 11 nitrogen and oxygen atoms in total. The molecule has 4 rings (SSSR count). The number of pyridine rings is 1. The van der Waals surface area contributed by atoms with Crippen molar-refractivity contribution in [3.63, 3.8) is 0 Å². The number of nitrogens with one attached hydrogen (secondary N) is 3. The molecule has 2 aromatic heterocycles. The fraction of sp³-hybridized carbons (Fsp3) is 0.130. The first-order valence-corrected chi connectivity index (χ1v) is 11.9. The Bertz CT molecular complexity index is 1450. The predicted molar refractivity (Wildman–Crippen MR) is 127 cm³/mol. The summed E-state index contributed by atoms with van der Waals surface area (Å²) in [6, 6.07) is 17.3. The molecular weight excluding hydrogens is 472 g/mol. The van der Waals surface area contributed by atoms with E-state index in [0.29, 0.717) is 17.2 Å². The largest absolute Gasteiger partial charge is 0.497 e. The molecule has 0 bridgehead atoms. The summed E-state index contributed by atoms with van der Waals surface area (Å²) in [6.45, 7) is -0.0790. The molecule has 12 heteroatoms. The van der Waals surface area contributed by atoms with Crippen molar-refractivity contribution in [3.8, 4) is 5.75 Å². The summed E-state index contributed by atoms with van der Waals surface area (Å²) < 4.78 is 34.3. The highest BCUT2D eigenvalue weighted by Crippen LogP contribution is 2.19. The van der Waals surface area contributed by atoms with Crippen LogP contribution in [0.2, 0.25) is 0 Å². The average Bonchev–Trinajstić information content (AvgIpc) is 3.29. The second-order valence-electron chi connectivity index (χ2n) is 7.36. The average molecular weight is 495 g/mol. The van der Waals surface area contributed by atoms with Crippen molar-refractivity contribution in [2.24, 2.45) is 0 Å². The van der Waals surface area contributed by atoms with Crippen LogP contribution in [-0.4, -0.2) is 48.5 Å². The molecule has 0 aliphatic heterocycles. The smallest absolute Gasteiger partial charge is 0.261 e. The second-order valence-corrected chi connectivity index (χ2v) is 9.05. The summed E-state index contributed by atoms with van der Waals surface area (Å²) in [5.41, 5.74) is 1.23. The number of carbonyl (C=O) groups excluding carboxylic acids is 2. The maximum Gasteiger partial charge on any atom is 0.261 e. The van der Waals surface area contributed by atoms with Crippen LogP contribution in [0.15, 0.2) is 77.8 Å². The molecule has 2 amide bonds. The number of amides is 2. The molecule has 0 aliphatic rings. The van der Waals surface area contributed by atoms with E-state index >= 15 is 0 Å². The normalized spacial score (nSPS) is 11.1. The summed E-state index contributed by atoms with van der Waals surface area (Å²) in [7, 11) is -2.31. The van der Waals surface area contributed by atoms with Crippen LogP contribution in [0.4, 0.5) is 5.69 Å². The Kier molecular flexibility index (Phi) is 6.92. The van der Waals surface area contributed by atoms with Gasteiger partial charge in [-0.05, 0) is 60.7 Å². The summed E-state index contributed by atoms with van der Waals surface area (Å²) in [4.78, 5) is 24.6. The van der Waals surface area contributed by atoms with E-state index in [9.17, 15) is 18.0 Å². The van der Waals surface area contributed by atoms with E-state index in [1.165, 1.54) is 43.5 Å². The van der Waals surface area contributed by atoms with E-state index in [0.717, 1.165) is 0 Å². The van der Waals surface area contributed by atoms with Gasteiger partial charge >= 0.3 is 0 Å². The molecule has 2 aromatic carbocycles. The van der Waals surface area contributed by atoms with Gasteiger partial charge in [0, 0.05) is 17.4 Å². The van der Waals surface area contributed by atoms with E-state index in [4.69, 9.17) is 4.74 Å². The topological polar surface area (TPSA) is 144 Å². The Labute approximate surface area is 201 Å². The van der Waals surface area contributed by atoms with Crippen molar-refractivity contribution in [3.05, 3.63) is 84.3 Å². The number of carbonyl (C=O) groups is 2. The summed E-state index contributed by atoms with van der Waals surface area (Å²) in [5, 5.41) is 13.2. The van der Waals surface area contributed by atoms with Crippen LogP contribution < -0.4 is 20.1 Å². The van der Waals surface area contributed by atoms with Gasteiger partial charge < -0.3 is 15.4 Å². The minimum absolute atomic E-state index is 0.0743. The van der Waals surface area contributed by atoms with Gasteiger partial charge in [0.05, 0.1) is 25.1 Å². The van der Waals surface area contributed by atoms with Crippen LogP contribution in [-0.2, 0) is 21.4 Å². The SMILES string of the molecule is COc1ccc(S(=O)(=O)Nc2ccc(C(=O)NCC(=O)NCc3nnc4ccccn34)cc2)cc1. The molecule has 0 saturated carbocycles. The fourth-order valence-electron chi connectivity index (χ4n) is 3.17. The van der Waals surface area contributed by atoms with Gasteiger partial charge in [0.1, 0.15) is 5.75 Å². The molecule has 0 spiro atoms. The van der Waals surface area contributed by atoms with Gasteiger partial charge in [-0.25, -0.2) is 8.42 Å². The zero-order valence-corrected chi connectivity index (χ0v) is 19.5. The second kappa shape index (κ2) is 10.2. The highest BCUT2D eigenvalue weighted by Gasteiger charge is 2.15. The molecule has 180 valence electrons. The van der Waals surface area contributed by atoms with Crippen molar-refractivity contribution in [2.45, 2.75) is 11.4 Å². The molecule has 0 fully saturated rings. The van der Waals surface area contributed by atoms with Crippen molar-refractivity contribution in [1.82, 2.24) is 25.2 Å². The quantitative estimate of drug-likeness (QED) is 0.320. The Morgan fingerprint density at radius 1 is 0.943 bits per heavy atom. The molecule has 0 aliphatic carbocycles. The number of hydrogen-bond donors (Lipinski definition) is 3. The summed E-state index contributed by atoms with van der Waals surface area (Å²) in [6.07, 6.45) is 1.79.